The number of aromatic hydroxyl groups is 1. The van der Waals surface area contributed by atoms with Crippen molar-refractivity contribution in [3.8, 4) is 5.75 Å². The largest absolute Gasteiger partial charge is 0.507 e. The van der Waals surface area contributed by atoms with Gasteiger partial charge < -0.3 is 20.9 Å². The first-order valence-corrected chi connectivity index (χ1v) is 7.54. The van der Waals surface area contributed by atoms with E-state index in [1.165, 1.54) is 6.07 Å². The summed E-state index contributed by atoms with van der Waals surface area (Å²) in [6, 6.07) is 4.80. The van der Waals surface area contributed by atoms with Gasteiger partial charge in [-0.05, 0) is 32.4 Å². The zero-order valence-electron chi connectivity index (χ0n) is 12.9. The lowest BCUT2D eigenvalue weighted by atomic mass is 10.1. The van der Waals surface area contributed by atoms with Crippen LogP contribution in [0.3, 0.4) is 0 Å². The summed E-state index contributed by atoms with van der Waals surface area (Å²) in [5, 5.41) is 12.8. The Morgan fingerprint density at radius 1 is 1.27 bits per heavy atom. The fraction of sp³-hybridized carbons (Fsp3) is 0.500. The Balaban J connectivity index is 2.54. The summed E-state index contributed by atoms with van der Waals surface area (Å²) in [5.74, 6) is -0.808. The topological polar surface area (TPSA) is 102 Å². The van der Waals surface area contributed by atoms with Crippen LogP contribution in [-0.4, -0.2) is 30.1 Å². The van der Waals surface area contributed by atoms with Crippen LogP contribution in [0.4, 0.5) is 0 Å². The van der Waals surface area contributed by atoms with Gasteiger partial charge >= 0.3 is 5.97 Å². The maximum absolute atomic E-state index is 11.7. The number of phenols is 1. The predicted molar refractivity (Wildman–Crippen MR) is 83.4 cm³/mol. The van der Waals surface area contributed by atoms with E-state index >= 15 is 0 Å². The van der Waals surface area contributed by atoms with E-state index in [2.05, 4.69) is 5.32 Å². The molecule has 6 nitrogen and oxygen atoms in total. The molecule has 4 N–H and O–H groups in total. The summed E-state index contributed by atoms with van der Waals surface area (Å²) in [4.78, 5) is 23.4. The molecule has 122 valence electrons. The van der Waals surface area contributed by atoms with Crippen LogP contribution in [0.25, 0.3) is 0 Å². The molecule has 0 bridgehead atoms. The number of hydrogen-bond donors (Lipinski definition) is 3. The summed E-state index contributed by atoms with van der Waals surface area (Å²) >= 11 is 0. The number of hydrogen-bond acceptors (Lipinski definition) is 5. The highest BCUT2D eigenvalue weighted by Gasteiger charge is 2.15. The molecule has 6 heteroatoms. The Morgan fingerprint density at radius 2 is 2.05 bits per heavy atom. The Kier molecular flexibility index (Phi) is 7.99. The molecule has 22 heavy (non-hydrogen) atoms. The zero-order chi connectivity index (χ0) is 16.4. The minimum absolute atomic E-state index is 0.0852. The summed E-state index contributed by atoms with van der Waals surface area (Å²) < 4.78 is 4.87. The average molecular weight is 308 g/mol. The standard InChI is InChI=1S/C16H24N2O4/c1-2-22-16(21)13-8-6-7-12(15(13)20)11-18-14(19)9-4-3-5-10-17/h6-8,20H,2-5,9-11,17H2,1H3,(H,18,19). The van der Waals surface area contributed by atoms with Gasteiger partial charge in [0, 0.05) is 18.5 Å². The van der Waals surface area contributed by atoms with Crippen LogP contribution in [0.2, 0.25) is 0 Å². The number of carbonyl (C=O) groups is 2. The number of nitrogens with two attached hydrogens (primary N) is 1. The highest BCUT2D eigenvalue weighted by Crippen LogP contribution is 2.23. The Hall–Kier alpha value is -2.08. The summed E-state index contributed by atoms with van der Waals surface area (Å²) in [7, 11) is 0. The van der Waals surface area contributed by atoms with Gasteiger partial charge in [0.15, 0.2) is 0 Å². The number of carbonyl (C=O) groups excluding carboxylic acids is 2. The third-order valence-corrected chi connectivity index (χ3v) is 3.20. The lowest BCUT2D eigenvalue weighted by Gasteiger charge is -2.10. The molecule has 0 aliphatic carbocycles. The van der Waals surface area contributed by atoms with Crippen molar-refractivity contribution in [3.05, 3.63) is 29.3 Å². The molecule has 0 aliphatic rings. The first-order chi connectivity index (χ1) is 10.6. The molecule has 0 saturated carbocycles. The molecule has 1 rings (SSSR count). The number of unbranched alkanes of at least 4 members (excludes halogenated alkanes) is 2. The molecule has 0 atom stereocenters. The van der Waals surface area contributed by atoms with E-state index in [1.54, 1.807) is 19.1 Å². The lowest BCUT2D eigenvalue weighted by Crippen LogP contribution is -2.22. The van der Waals surface area contributed by atoms with Gasteiger partial charge in [-0.3, -0.25) is 4.79 Å². The zero-order valence-corrected chi connectivity index (χ0v) is 12.9. The van der Waals surface area contributed by atoms with Gasteiger partial charge in [0.1, 0.15) is 11.3 Å². The normalized spacial score (nSPS) is 10.3. The molecule has 0 unspecified atom stereocenters. The Morgan fingerprint density at radius 3 is 2.73 bits per heavy atom. The summed E-state index contributed by atoms with van der Waals surface area (Å²) in [6.45, 7) is 2.75. The monoisotopic (exact) mass is 308 g/mol. The molecule has 0 aromatic heterocycles. The van der Waals surface area contributed by atoms with Crippen molar-refractivity contribution in [2.45, 2.75) is 39.2 Å². The number of nitrogens with one attached hydrogen (secondary N) is 1. The van der Waals surface area contributed by atoms with E-state index < -0.39 is 5.97 Å². The first-order valence-electron chi connectivity index (χ1n) is 7.54. The van der Waals surface area contributed by atoms with E-state index in [4.69, 9.17) is 10.5 Å². The average Bonchev–Trinajstić information content (AvgIpc) is 2.50. The third kappa shape index (κ3) is 5.73. The van der Waals surface area contributed by atoms with Gasteiger partial charge in [0.25, 0.3) is 0 Å². The lowest BCUT2D eigenvalue weighted by molar-refractivity contribution is -0.121. The van der Waals surface area contributed by atoms with Gasteiger partial charge in [0.2, 0.25) is 5.91 Å². The van der Waals surface area contributed by atoms with Gasteiger partial charge in [-0.1, -0.05) is 18.6 Å². The van der Waals surface area contributed by atoms with Gasteiger partial charge in [0.05, 0.1) is 6.61 Å². The number of esters is 1. The number of benzene rings is 1. The molecule has 0 heterocycles. The molecule has 0 saturated heterocycles. The number of ether oxygens (including phenoxy) is 1. The first kappa shape index (κ1) is 18.0. The number of phenolic OH excluding ortho intramolecular Hbond substituents is 1. The van der Waals surface area contributed by atoms with Crippen LogP contribution in [0.15, 0.2) is 18.2 Å². The van der Waals surface area contributed by atoms with Gasteiger partial charge in [-0.25, -0.2) is 4.79 Å². The van der Waals surface area contributed by atoms with Gasteiger partial charge in [-0.2, -0.15) is 0 Å². The second-order valence-electron chi connectivity index (χ2n) is 4.91. The van der Waals surface area contributed by atoms with E-state index in [1.807, 2.05) is 0 Å². The van der Waals surface area contributed by atoms with Crippen LogP contribution in [0.1, 0.15) is 48.5 Å². The summed E-state index contributed by atoms with van der Waals surface area (Å²) in [6.07, 6.45) is 3.05. The molecular weight excluding hydrogens is 284 g/mol. The second-order valence-corrected chi connectivity index (χ2v) is 4.91. The fourth-order valence-corrected chi connectivity index (χ4v) is 2.00. The van der Waals surface area contributed by atoms with Gasteiger partial charge in [-0.15, -0.1) is 0 Å². The van der Waals surface area contributed by atoms with Crippen molar-refractivity contribution >= 4 is 11.9 Å². The van der Waals surface area contributed by atoms with E-state index in [0.717, 1.165) is 19.3 Å². The van der Waals surface area contributed by atoms with Crippen molar-refractivity contribution in [1.29, 1.82) is 0 Å². The maximum atomic E-state index is 11.7. The SMILES string of the molecule is CCOC(=O)c1cccc(CNC(=O)CCCCCN)c1O. The van der Waals surface area contributed by atoms with Crippen molar-refractivity contribution in [2.75, 3.05) is 13.2 Å². The highest BCUT2D eigenvalue weighted by atomic mass is 16.5. The summed E-state index contributed by atoms with van der Waals surface area (Å²) in [5.41, 5.74) is 5.99. The van der Waals surface area contributed by atoms with Crippen LogP contribution in [0, 0.1) is 0 Å². The quantitative estimate of drug-likeness (QED) is 0.476. The van der Waals surface area contributed by atoms with Crippen molar-refractivity contribution < 1.29 is 19.4 Å². The second kappa shape index (κ2) is 9.78. The predicted octanol–water partition coefficient (Wildman–Crippen LogP) is 1.70. The van der Waals surface area contributed by atoms with Crippen LogP contribution in [-0.2, 0) is 16.1 Å². The Bertz CT molecular complexity index is 503. The van der Waals surface area contributed by atoms with Crippen LogP contribution >= 0.6 is 0 Å². The smallest absolute Gasteiger partial charge is 0.341 e. The highest BCUT2D eigenvalue weighted by molar-refractivity contribution is 5.92. The number of para-hydroxylation sites is 1. The minimum Gasteiger partial charge on any atom is -0.507 e. The fourth-order valence-electron chi connectivity index (χ4n) is 2.00. The molecule has 1 aromatic carbocycles. The molecule has 0 fully saturated rings. The van der Waals surface area contributed by atoms with E-state index in [9.17, 15) is 14.7 Å². The number of rotatable bonds is 9. The van der Waals surface area contributed by atoms with E-state index in [0.29, 0.717) is 18.5 Å². The third-order valence-electron chi connectivity index (χ3n) is 3.20. The Labute approximate surface area is 130 Å². The van der Waals surface area contributed by atoms with Crippen molar-refractivity contribution in [3.63, 3.8) is 0 Å². The molecular formula is C16H24N2O4. The maximum Gasteiger partial charge on any atom is 0.341 e. The number of amides is 1. The molecule has 0 radical (unpaired) electrons. The molecule has 0 aliphatic heterocycles. The van der Waals surface area contributed by atoms with Crippen LogP contribution in [0.5, 0.6) is 5.75 Å². The van der Waals surface area contributed by atoms with Crippen LogP contribution < -0.4 is 11.1 Å². The minimum atomic E-state index is -0.574. The molecule has 1 amide bonds. The van der Waals surface area contributed by atoms with Crippen molar-refractivity contribution in [1.82, 2.24) is 5.32 Å². The molecule has 1 aromatic rings. The van der Waals surface area contributed by atoms with Crippen molar-refractivity contribution in [2.24, 2.45) is 5.73 Å². The molecule has 0 spiro atoms. The van der Waals surface area contributed by atoms with E-state index in [-0.39, 0.29) is 30.4 Å².